The normalized spacial score (nSPS) is 12.6. The molecule has 4 rings (SSSR count). The third-order valence-electron chi connectivity index (χ3n) is 4.26. The van der Waals surface area contributed by atoms with Crippen LogP contribution in [0, 0.1) is 0 Å². The Morgan fingerprint density at radius 3 is 2.71 bits per heavy atom. The van der Waals surface area contributed by atoms with Gasteiger partial charge in [0.25, 0.3) is 0 Å². The number of ether oxygens (including phenoxy) is 2. The number of nitrogens with one attached hydrogen (secondary N) is 2. The van der Waals surface area contributed by atoms with E-state index < -0.39 is 0 Å². The zero-order valence-corrected chi connectivity index (χ0v) is 16.2. The third-order valence-corrected chi connectivity index (χ3v) is 5.11. The van der Waals surface area contributed by atoms with Crippen LogP contribution in [0.5, 0.6) is 11.5 Å². The van der Waals surface area contributed by atoms with Crippen LogP contribution in [0.3, 0.4) is 0 Å². The van der Waals surface area contributed by atoms with Crippen molar-refractivity contribution in [2.75, 3.05) is 24.3 Å². The Kier molecular flexibility index (Phi) is 5.48. The van der Waals surface area contributed by atoms with Gasteiger partial charge in [0.2, 0.25) is 11.1 Å². The Labute approximate surface area is 166 Å². The van der Waals surface area contributed by atoms with Crippen molar-refractivity contribution >= 4 is 23.4 Å². The molecular weight excluding hydrogens is 376 g/mol. The van der Waals surface area contributed by atoms with Gasteiger partial charge in [-0.1, -0.05) is 43.0 Å². The summed E-state index contributed by atoms with van der Waals surface area (Å²) in [5, 5.41) is 10.5. The number of aromatic nitrogens is 3. The van der Waals surface area contributed by atoms with Gasteiger partial charge in [-0.3, -0.25) is 9.89 Å². The lowest BCUT2D eigenvalue weighted by Gasteiger charge is -2.18. The molecule has 0 atom stereocenters. The van der Waals surface area contributed by atoms with Gasteiger partial charge >= 0.3 is 0 Å². The van der Waals surface area contributed by atoms with Crippen molar-refractivity contribution in [2.24, 2.45) is 0 Å². The summed E-state index contributed by atoms with van der Waals surface area (Å²) in [7, 11) is 0. The Bertz CT molecular complexity index is 972. The molecule has 2 aromatic carbocycles. The molecular formula is C20H20N4O3S. The van der Waals surface area contributed by atoms with E-state index in [0.717, 1.165) is 12.0 Å². The van der Waals surface area contributed by atoms with E-state index in [1.54, 1.807) is 18.2 Å². The van der Waals surface area contributed by atoms with E-state index in [4.69, 9.17) is 9.47 Å². The molecule has 0 fully saturated rings. The third kappa shape index (κ3) is 4.28. The van der Waals surface area contributed by atoms with Crippen molar-refractivity contribution in [1.29, 1.82) is 0 Å². The van der Waals surface area contributed by atoms with Gasteiger partial charge < -0.3 is 14.8 Å². The highest BCUT2D eigenvalue weighted by Gasteiger charge is 2.14. The van der Waals surface area contributed by atoms with Gasteiger partial charge in [-0.25, -0.2) is 4.98 Å². The molecule has 0 aliphatic carbocycles. The Balaban J connectivity index is 1.33. The number of nitrogens with zero attached hydrogens (tertiary/aromatic N) is 2. The maximum atomic E-state index is 12.2. The number of thioether (sulfide) groups is 1. The van der Waals surface area contributed by atoms with Crippen molar-refractivity contribution in [2.45, 2.75) is 18.5 Å². The van der Waals surface area contributed by atoms with Crippen molar-refractivity contribution < 1.29 is 14.3 Å². The Morgan fingerprint density at radius 1 is 1.14 bits per heavy atom. The minimum Gasteiger partial charge on any atom is -0.486 e. The number of carbonyl (C=O) groups excluding carboxylic acids is 1. The van der Waals surface area contributed by atoms with Crippen LogP contribution in [-0.2, 0) is 11.2 Å². The van der Waals surface area contributed by atoms with Gasteiger partial charge in [0, 0.05) is 17.3 Å². The quantitative estimate of drug-likeness (QED) is 0.620. The summed E-state index contributed by atoms with van der Waals surface area (Å²) in [4.78, 5) is 16.7. The maximum Gasteiger partial charge on any atom is 0.234 e. The minimum atomic E-state index is -0.139. The van der Waals surface area contributed by atoms with Gasteiger partial charge in [0.1, 0.15) is 13.2 Å². The van der Waals surface area contributed by atoms with Gasteiger partial charge in [0.05, 0.1) is 5.75 Å². The first-order chi connectivity index (χ1) is 13.7. The molecule has 2 N–H and O–H groups in total. The molecule has 0 unspecified atom stereocenters. The van der Waals surface area contributed by atoms with Crippen molar-refractivity contribution in [3.63, 3.8) is 0 Å². The number of aryl methyl sites for hydroxylation is 1. The molecule has 0 radical (unpaired) electrons. The number of hydrogen-bond acceptors (Lipinski definition) is 6. The van der Waals surface area contributed by atoms with Crippen LogP contribution < -0.4 is 14.8 Å². The summed E-state index contributed by atoms with van der Waals surface area (Å²) >= 11 is 1.28. The van der Waals surface area contributed by atoms with Gasteiger partial charge in [-0.05, 0) is 24.1 Å². The SMILES string of the molecule is CCc1ccc(-c2nc(SCC(=O)Nc3ccc4c(c3)OCCO4)n[nH]2)cc1. The molecule has 1 aliphatic heterocycles. The maximum absolute atomic E-state index is 12.2. The second kappa shape index (κ2) is 8.35. The first-order valence-electron chi connectivity index (χ1n) is 9.05. The standard InChI is InChI=1S/C20H20N4O3S/c1-2-13-3-5-14(6-4-13)19-22-20(24-23-19)28-12-18(25)21-15-7-8-16-17(11-15)27-10-9-26-16/h3-8,11H,2,9-10,12H2,1H3,(H,21,25)(H,22,23,24). The van der Waals surface area contributed by atoms with E-state index in [9.17, 15) is 4.79 Å². The monoisotopic (exact) mass is 396 g/mol. The molecule has 1 aliphatic rings. The van der Waals surface area contributed by atoms with E-state index in [-0.39, 0.29) is 11.7 Å². The highest BCUT2D eigenvalue weighted by atomic mass is 32.2. The predicted octanol–water partition coefficient (Wildman–Crippen LogP) is 3.54. The summed E-state index contributed by atoms with van der Waals surface area (Å²) in [5.41, 5.74) is 2.91. The molecule has 0 spiro atoms. The molecule has 0 bridgehead atoms. The molecule has 0 saturated carbocycles. The van der Waals surface area contributed by atoms with Crippen LogP contribution in [-0.4, -0.2) is 40.1 Å². The fourth-order valence-corrected chi connectivity index (χ4v) is 3.39. The number of rotatable bonds is 6. The summed E-state index contributed by atoms with van der Waals surface area (Å²) in [6.45, 7) is 3.17. The van der Waals surface area contributed by atoms with Crippen molar-refractivity contribution in [3.8, 4) is 22.9 Å². The lowest BCUT2D eigenvalue weighted by Crippen LogP contribution is -2.17. The van der Waals surface area contributed by atoms with E-state index in [1.807, 2.05) is 12.1 Å². The van der Waals surface area contributed by atoms with Gasteiger partial charge in [-0.15, -0.1) is 5.10 Å². The lowest BCUT2D eigenvalue weighted by atomic mass is 10.1. The molecule has 144 valence electrons. The number of fused-ring (bicyclic) bond motifs is 1. The topological polar surface area (TPSA) is 89.1 Å². The fourth-order valence-electron chi connectivity index (χ4n) is 2.79. The highest BCUT2D eigenvalue weighted by Crippen LogP contribution is 2.32. The van der Waals surface area contributed by atoms with E-state index in [0.29, 0.717) is 41.4 Å². The summed E-state index contributed by atoms with van der Waals surface area (Å²) in [5.74, 6) is 2.10. The van der Waals surface area contributed by atoms with Crippen LogP contribution in [0.4, 0.5) is 5.69 Å². The number of aromatic amines is 1. The lowest BCUT2D eigenvalue weighted by molar-refractivity contribution is -0.113. The largest absolute Gasteiger partial charge is 0.486 e. The van der Waals surface area contributed by atoms with Crippen LogP contribution in [0.2, 0.25) is 0 Å². The Morgan fingerprint density at radius 2 is 1.93 bits per heavy atom. The fraction of sp³-hybridized carbons (Fsp3) is 0.250. The van der Waals surface area contributed by atoms with Crippen LogP contribution in [0.15, 0.2) is 47.6 Å². The molecule has 1 amide bonds. The smallest absolute Gasteiger partial charge is 0.234 e. The first kappa shape index (κ1) is 18.4. The molecule has 7 nitrogen and oxygen atoms in total. The van der Waals surface area contributed by atoms with Gasteiger partial charge in [-0.2, -0.15) is 0 Å². The second-order valence-electron chi connectivity index (χ2n) is 6.21. The molecule has 1 aromatic heterocycles. The zero-order chi connectivity index (χ0) is 19.3. The molecule has 0 saturated heterocycles. The number of H-pyrrole nitrogens is 1. The highest BCUT2D eigenvalue weighted by molar-refractivity contribution is 7.99. The van der Waals surface area contributed by atoms with E-state index in [1.165, 1.54) is 17.3 Å². The number of anilines is 1. The van der Waals surface area contributed by atoms with Crippen LogP contribution in [0.25, 0.3) is 11.4 Å². The molecule has 3 aromatic rings. The first-order valence-corrected chi connectivity index (χ1v) is 10.0. The van der Waals surface area contributed by atoms with Crippen molar-refractivity contribution in [1.82, 2.24) is 15.2 Å². The molecule has 8 heteroatoms. The molecule has 28 heavy (non-hydrogen) atoms. The summed E-state index contributed by atoms with van der Waals surface area (Å²) < 4.78 is 11.0. The number of carbonyl (C=O) groups is 1. The van der Waals surface area contributed by atoms with Crippen LogP contribution in [0.1, 0.15) is 12.5 Å². The van der Waals surface area contributed by atoms with Gasteiger partial charge in [0.15, 0.2) is 17.3 Å². The minimum absolute atomic E-state index is 0.139. The van der Waals surface area contributed by atoms with Crippen LogP contribution >= 0.6 is 11.8 Å². The van der Waals surface area contributed by atoms with E-state index >= 15 is 0 Å². The second-order valence-corrected chi connectivity index (χ2v) is 7.15. The predicted molar refractivity (Wildman–Crippen MR) is 108 cm³/mol. The van der Waals surface area contributed by atoms with Crippen molar-refractivity contribution in [3.05, 3.63) is 48.0 Å². The zero-order valence-electron chi connectivity index (χ0n) is 15.4. The van der Waals surface area contributed by atoms with E-state index in [2.05, 4.69) is 39.6 Å². The molecule has 2 heterocycles. The number of amides is 1. The Hall–Kier alpha value is -3.00. The number of benzene rings is 2. The average molecular weight is 396 g/mol. The summed E-state index contributed by atoms with van der Waals surface area (Å²) in [6.07, 6.45) is 0.996. The number of hydrogen-bond donors (Lipinski definition) is 2. The average Bonchev–Trinajstić information content (AvgIpc) is 3.21. The summed E-state index contributed by atoms with van der Waals surface area (Å²) in [6, 6.07) is 13.5.